The van der Waals surface area contributed by atoms with Crippen molar-refractivity contribution in [3.8, 4) is 0 Å². The maximum atomic E-state index is 11.9. The van der Waals surface area contributed by atoms with E-state index in [2.05, 4.69) is 10.0 Å². The van der Waals surface area contributed by atoms with Crippen LogP contribution in [0.3, 0.4) is 0 Å². The second kappa shape index (κ2) is 8.12. The third kappa shape index (κ3) is 5.78. The molecule has 124 valence electrons. The molecule has 2 rings (SSSR count). The van der Waals surface area contributed by atoms with Crippen LogP contribution < -0.4 is 10.0 Å². The summed E-state index contributed by atoms with van der Waals surface area (Å²) >= 11 is 12.5. The molecular weight excluding hydrogens is 379 g/mol. The second-order valence-electron chi connectivity index (χ2n) is 4.61. The van der Waals surface area contributed by atoms with Crippen LogP contribution >= 0.6 is 34.5 Å². The second-order valence-corrected chi connectivity index (χ2v) is 8.76. The van der Waals surface area contributed by atoms with Gasteiger partial charge in [-0.05, 0) is 36.2 Å². The van der Waals surface area contributed by atoms with E-state index in [-0.39, 0.29) is 10.8 Å². The van der Waals surface area contributed by atoms with Crippen molar-refractivity contribution in [1.29, 1.82) is 0 Å². The van der Waals surface area contributed by atoms with Crippen molar-refractivity contribution in [2.75, 3.05) is 13.1 Å². The van der Waals surface area contributed by atoms with E-state index in [1.54, 1.807) is 6.07 Å². The molecule has 0 aliphatic heterocycles. The first-order chi connectivity index (χ1) is 10.9. The summed E-state index contributed by atoms with van der Waals surface area (Å²) in [7, 11) is -3.71. The molecule has 1 heterocycles. The van der Waals surface area contributed by atoms with Crippen molar-refractivity contribution in [3.05, 3.63) is 51.3 Å². The van der Waals surface area contributed by atoms with E-state index in [4.69, 9.17) is 23.2 Å². The smallest absolute Gasteiger partial charge is 0.250 e. The summed E-state index contributed by atoms with van der Waals surface area (Å²) in [6, 6.07) is 10.2. The van der Waals surface area contributed by atoms with Gasteiger partial charge < -0.3 is 5.32 Å². The van der Waals surface area contributed by atoms with E-state index >= 15 is 0 Å². The molecule has 2 aromatic rings. The molecule has 0 spiro atoms. The molecule has 5 nitrogen and oxygen atoms in total. The van der Waals surface area contributed by atoms with Crippen molar-refractivity contribution in [2.24, 2.45) is 0 Å². The minimum absolute atomic E-state index is 0.0780. The van der Waals surface area contributed by atoms with Gasteiger partial charge in [-0.15, -0.1) is 11.3 Å². The Morgan fingerprint density at radius 1 is 1.17 bits per heavy atom. The highest BCUT2D eigenvalue weighted by Gasteiger charge is 2.17. The van der Waals surface area contributed by atoms with Gasteiger partial charge in [-0.1, -0.05) is 35.3 Å². The summed E-state index contributed by atoms with van der Waals surface area (Å²) < 4.78 is 26.5. The monoisotopic (exact) mass is 392 g/mol. The molecule has 0 aliphatic rings. The van der Waals surface area contributed by atoms with Crippen LogP contribution in [0, 0.1) is 0 Å². The van der Waals surface area contributed by atoms with Gasteiger partial charge >= 0.3 is 0 Å². The van der Waals surface area contributed by atoms with Crippen LogP contribution in [0.25, 0.3) is 0 Å². The Balaban J connectivity index is 1.77. The summed E-state index contributed by atoms with van der Waals surface area (Å²) in [5.41, 5.74) is 0.992. The zero-order valence-electron chi connectivity index (χ0n) is 11.9. The number of carbonyl (C=O) groups excluding carboxylic acids is 1. The normalized spacial score (nSPS) is 11.4. The van der Waals surface area contributed by atoms with E-state index in [1.165, 1.54) is 12.1 Å². The van der Waals surface area contributed by atoms with Crippen molar-refractivity contribution >= 4 is 50.5 Å². The predicted octanol–water partition coefficient (Wildman–Crippen LogP) is 2.69. The van der Waals surface area contributed by atoms with Gasteiger partial charge in [0.2, 0.25) is 5.91 Å². The number of hydrogen-bond acceptors (Lipinski definition) is 4. The van der Waals surface area contributed by atoms with Crippen LogP contribution in [0.1, 0.15) is 5.56 Å². The first-order valence-electron chi connectivity index (χ1n) is 6.63. The standard InChI is InChI=1S/C14H14Cl2N2O3S2/c15-11-3-1-2-10(8-11)6-7-17-13(19)9-18-23(20,21)14-5-4-12(16)22-14/h1-5,8,18H,6-7,9H2,(H,17,19). The average Bonchev–Trinajstić information content (AvgIpc) is 2.93. The molecule has 0 fully saturated rings. The number of rotatable bonds is 7. The molecule has 0 radical (unpaired) electrons. The van der Waals surface area contributed by atoms with E-state index in [1.807, 2.05) is 18.2 Å². The number of carbonyl (C=O) groups is 1. The highest BCUT2D eigenvalue weighted by molar-refractivity contribution is 7.91. The number of nitrogens with one attached hydrogen (secondary N) is 2. The molecule has 1 amide bonds. The van der Waals surface area contributed by atoms with E-state index in [9.17, 15) is 13.2 Å². The summed E-state index contributed by atoms with van der Waals surface area (Å²) in [5, 5.41) is 3.28. The quantitative estimate of drug-likeness (QED) is 0.760. The van der Waals surface area contributed by atoms with Crippen molar-refractivity contribution in [1.82, 2.24) is 10.0 Å². The summed E-state index contributed by atoms with van der Waals surface area (Å²) in [6.07, 6.45) is 0.611. The lowest BCUT2D eigenvalue weighted by Gasteiger charge is -2.07. The van der Waals surface area contributed by atoms with Gasteiger partial charge in [0, 0.05) is 11.6 Å². The maximum Gasteiger partial charge on any atom is 0.250 e. The SMILES string of the molecule is O=C(CNS(=O)(=O)c1ccc(Cl)s1)NCCc1cccc(Cl)c1. The fourth-order valence-electron chi connectivity index (χ4n) is 1.78. The molecule has 0 saturated heterocycles. The molecule has 1 aromatic heterocycles. The van der Waals surface area contributed by atoms with E-state index in [0.29, 0.717) is 22.3 Å². The number of hydrogen-bond donors (Lipinski definition) is 2. The fraction of sp³-hybridized carbons (Fsp3) is 0.214. The minimum atomic E-state index is -3.71. The molecular formula is C14H14Cl2N2O3S2. The Morgan fingerprint density at radius 3 is 2.61 bits per heavy atom. The van der Waals surface area contributed by atoms with Gasteiger partial charge in [-0.2, -0.15) is 0 Å². The minimum Gasteiger partial charge on any atom is -0.355 e. The molecule has 0 atom stereocenters. The van der Waals surface area contributed by atoms with Gasteiger partial charge in [-0.3, -0.25) is 4.79 Å². The van der Waals surface area contributed by atoms with Gasteiger partial charge in [0.15, 0.2) is 0 Å². The Bertz CT molecular complexity index is 791. The Labute approximate surface area is 148 Å². The number of thiophene rings is 1. The van der Waals surface area contributed by atoms with Gasteiger partial charge in [0.05, 0.1) is 10.9 Å². The lowest BCUT2D eigenvalue weighted by atomic mass is 10.1. The first kappa shape index (κ1) is 18.2. The van der Waals surface area contributed by atoms with E-state index in [0.717, 1.165) is 16.9 Å². The largest absolute Gasteiger partial charge is 0.355 e. The average molecular weight is 393 g/mol. The van der Waals surface area contributed by atoms with Gasteiger partial charge in [0.25, 0.3) is 10.0 Å². The van der Waals surface area contributed by atoms with Crippen LogP contribution in [-0.4, -0.2) is 27.4 Å². The van der Waals surface area contributed by atoms with Crippen molar-refractivity contribution in [3.63, 3.8) is 0 Å². The molecule has 1 aromatic carbocycles. The Kier molecular flexibility index (Phi) is 6.43. The summed E-state index contributed by atoms with van der Waals surface area (Å²) in [4.78, 5) is 11.7. The third-order valence-electron chi connectivity index (χ3n) is 2.86. The number of amides is 1. The zero-order valence-corrected chi connectivity index (χ0v) is 15.0. The summed E-state index contributed by atoms with van der Waals surface area (Å²) in [6.45, 7) is 0.0686. The van der Waals surface area contributed by atoms with Gasteiger partial charge in [0.1, 0.15) is 4.21 Å². The topological polar surface area (TPSA) is 75.3 Å². The molecule has 9 heteroatoms. The van der Waals surface area contributed by atoms with Crippen LogP contribution in [0.4, 0.5) is 0 Å². The lowest BCUT2D eigenvalue weighted by molar-refractivity contribution is -0.119. The highest BCUT2D eigenvalue weighted by Crippen LogP contribution is 2.25. The number of sulfonamides is 1. The molecule has 0 saturated carbocycles. The van der Waals surface area contributed by atoms with Crippen LogP contribution in [-0.2, 0) is 21.2 Å². The predicted molar refractivity (Wildman–Crippen MR) is 92.7 cm³/mol. The van der Waals surface area contributed by atoms with Crippen LogP contribution in [0.5, 0.6) is 0 Å². The van der Waals surface area contributed by atoms with Crippen molar-refractivity contribution in [2.45, 2.75) is 10.6 Å². The maximum absolute atomic E-state index is 11.9. The number of benzene rings is 1. The zero-order chi connectivity index (χ0) is 16.9. The summed E-state index contributed by atoms with van der Waals surface area (Å²) in [5.74, 6) is -0.404. The van der Waals surface area contributed by atoms with Crippen LogP contribution in [0.2, 0.25) is 9.36 Å². The van der Waals surface area contributed by atoms with E-state index < -0.39 is 15.9 Å². The fourth-order valence-corrected chi connectivity index (χ4v) is 4.50. The molecule has 0 aliphatic carbocycles. The Hall–Kier alpha value is -1.12. The molecule has 0 unspecified atom stereocenters. The van der Waals surface area contributed by atoms with Crippen LogP contribution in [0.15, 0.2) is 40.6 Å². The molecule has 23 heavy (non-hydrogen) atoms. The first-order valence-corrected chi connectivity index (χ1v) is 9.68. The number of halogens is 2. The Morgan fingerprint density at radius 2 is 1.96 bits per heavy atom. The third-order valence-corrected chi connectivity index (χ3v) is 6.22. The van der Waals surface area contributed by atoms with Gasteiger partial charge in [-0.25, -0.2) is 13.1 Å². The molecule has 2 N–H and O–H groups in total. The lowest BCUT2D eigenvalue weighted by Crippen LogP contribution is -2.37. The molecule has 0 bridgehead atoms. The highest BCUT2D eigenvalue weighted by atomic mass is 35.5. The van der Waals surface area contributed by atoms with Crippen molar-refractivity contribution < 1.29 is 13.2 Å².